The molecular formula is C13H16N4O. The first-order valence-electron chi connectivity index (χ1n) is 6.09. The lowest BCUT2D eigenvalue weighted by Crippen LogP contribution is -2.27. The Balaban J connectivity index is 2.09. The molecule has 2 aromatic rings. The summed E-state index contributed by atoms with van der Waals surface area (Å²) in [6.45, 7) is 1.72. The van der Waals surface area contributed by atoms with Gasteiger partial charge < -0.3 is 15.4 Å². The molecule has 1 saturated heterocycles. The molecule has 0 bridgehead atoms. The summed E-state index contributed by atoms with van der Waals surface area (Å²) in [5.41, 5.74) is 7.67. The van der Waals surface area contributed by atoms with Gasteiger partial charge in [-0.15, -0.1) is 0 Å². The minimum Gasteiger partial charge on any atom is -0.478 e. The summed E-state index contributed by atoms with van der Waals surface area (Å²) in [7, 11) is 1.62. The van der Waals surface area contributed by atoms with E-state index in [9.17, 15) is 0 Å². The van der Waals surface area contributed by atoms with E-state index in [0.29, 0.717) is 5.88 Å². The molecule has 2 N–H and O–H groups in total. The number of nitrogens with two attached hydrogens (primary N) is 1. The summed E-state index contributed by atoms with van der Waals surface area (Å²) >= 11 is 0. The van der Waals surface area contributed by atoms with E-state index < -0.39 is 0 Å². The highest BCUT2D eigenvalue weighted by Gasteiger charge is 2.24. The highest BCUT2D eigenvalue weighted by molar-refractivity contribution is 5.77. The number of benzene rings is 1. The second-order valence-corrected chi connectivity index (χ2v) is 4.54. The Morgan fingerprint density at radius 1 is 1.28 bits per heavy atom. The van der Waals surface area contributed by atoms with Crippen LogP contribution in [0.5, 0.6) is 5.88 Å². The highest BCUT2D eigenvalue weighted by Crippen LogP contribution is 2.28. The Kier molecular flexibility index (Phi) is 2.76. The van der Waals surface area contributed by atoms with Gasteiger partial charge in [0, 0.05) is 19.1 Å². The van der Waals surface area contributed by atoms with Crippen LogP contribution < -0.4 is 15.4 Å². The topological polar surface area (TPSA) is 64.3 Å². The fourth-order valence-electron chi connectivity index (χ4n) is 2.30. The first-order chi connectivity index (χ1) is 8.78. The molecule has 1 aromatic carbocycles. The van der Waals surface area contributed by atoms with E-state index in [4.69, 9.17) is 10.5 Å². The summed E-state index contributed by atoms with van der Waals surface area (Å²) in [5.74, 6) is 1.37. The zero-order valence-electron chi connectivity index (χ0n) is 10.3. The zero-order chi connectivity index (χ0) is 12.5. The lowest BCUT2D eigenvalue weighted by molar-refractivity contribution is 0.398. The molecule has 2 heterocycles. The maximum atomic E-state index is 5.94. The molecule has 3 rings (SSSR count). The van der Waals surface area contributed by atoms with Crippen molar-refractivity contribution in [3.05, 3.63) is 24.3 Å². The quantitative estimate of drug-likeness (QED) is 0.859. The molecule has 0 amide bonds. The minimum absolute atomic E-state index is 0.211. The van der Waals surface area contributed by atoms with E-state index in [-0.39, 0.29) is 6.04 Å². The fourth-order valence-corrected chi connectivity index (χ4v) is 2.30. The van der Waals surface area contributed by atoms with Gasteiger partial charge in [0.2, 0.25) is 0 Å². The van der Waals surface area contributed by atoms with Gasteiger partial charge in [-0.1, -0.05) is 12.1 Å². The number of nitrogens with zero attached hydrogens (tertiary/aromatic N) is 3. The third kappa shape index (κ3) is 1.86. The number of rotatable bonds is 2. The SMILES string of the molecule is COc1nc2ccccc2nc1N1CC[C@H](N)C1. The smallest absolute Gasteiger partial charge is 0.257 e. The molecule has 1 aliphatic heterocycles. The second-order valence-electron chi connectivity index (χ2n) is 4.54. The summed E-state index contributed by atoms with van der Waals surface area (Å²) in [6, 6.07) is 8.01. The van der Waals surface area contributed by atoms with Crippen LogP contribution in [-0.4, -0.2) is 36.2 Å². The lowest BCUT2D eigenvalue weighted by atomic mass is 10.3. The van der Waals surface area contributed by atoms with Crippen molar-refractivity contribution >= 4 is 16.9 Å². The average Bonchev–Trinajstić information content (AvgIpc) is 2.83. The summed E-state index contributed by atoms with van der Waals surface area (Å²) < 4.78 is 5.34. The van der Waals surface area contributed by atoms with Crippen molar-refractivity contribution in [3.8, 4) is 5.88 Å². The highest BCUT2D eigenvalue weighted by atomic mass is 16.5. The molecule has 0 unspecified atom stereocenters. The molecule has 0 spiro atoms. The third-order valence-electron chi connectivity index (χ3n) is 3.24. The van der Waals surface area contributed by atoms with E-state index in [1.165, 1.54) is 0 Å². The first-order valence-corrected chi connectivity index (χ1v) is 6.09. The minimum atomic E-state index is 0.211. The van der Waals surface area contributed by atoms with E-state index in [2.05, 4.69) is 14.9 Å². The second kappa shape index (κ2) is 4.42. The van der Waals surface area contributed by atoms with Gasteiger partial charge in [0.1, 0.15) is 0 Å². The van der Waals surface area contributed by atoms with Crippen LogP contribution in [0.4, 0.5) is 5.82 Å². The molecular weight excluding hydrogens is 228 g/mol. The number of ether oxygens (including phenoxy) is 1. The first kappa shape index (κ1) is 11.2. The van der Waals surface area contributed by atoms with Crippen molar-refractivity contribution < 1.29 is 4.74 Å². The van der Waals surface area contributed by atoms with Crippen LogP contribution in [-0.2, 0) is 0 Å². The fraction of sp³-hybridized carbons (Fsp3) is 0.385. The summed E-state index contributed by atoms with van der Waals surface area (Å²) in [5, 5.41) is 0. The molecule has 0 aliphatic carbocycles. The summed E-state index contributed by atoms with van der Waals surface area (Å²) in [6.07, 6.45) is 0.984. The van der Waals surface area contributed by atoms with Crippen molar-refractivity contribution in [2.24, 2.45) is 5.73 Å². The molecule has 94 valence electrons. The number of aromatic nitrogens is 2. The number of hydrogen-bond acceptors (Lipinski definition) is 5. The van der Waals surface area contributed by atoms with Crippen LogP contribution in [0.1, 0.15) is 6.42 Å². The molecule has 1 aromatic heterocycles. The standard InChI is InChI=1S/C13H16N4O/c1-18-13-12(17-7-6-9(14)8-17)15-10-4-2-3-5-11(10)16-13/h2-5,9H,6-8,14H2,1H3/t9-/m0/s1. The van der Waals surface area contributed by atoms with Crippen LogP contribution in [0, 0.1) is 0 Å². The molecule has 5 heteroatoms. The van der Waals surface area contributed by atoms with Crippen LogP contribution in [0.3, 0.4) is 0 Å². The van der Waals surface area contributed by atoms with E-state index in [0.717, 1.165) is 36.4 Å². The predicted molar refractivity (Wildman–Crippen MR) is 70.9 cm³/mol. The van der Waals surface area contributed by atoms with Crippen LogP contribution in [0.25, 0.3) is 11.0 Å². The number of anilines is 1. The van der Waals surface area contributed by atoms with Gasteiger partial charge in [-0.2, -0.15) is 0 Å². The van der Waals surface area contributed by atoms with Gasteiger partial charge in [-0.05, 0) is 18.6 Å². The van der Waals surface area contributed by atoms with Crippen LogP contribution >= 0.6 is 0 Å². The average molecular weight is 244 g/mol. The van der Waals surface area contributed by atoms with Crippen LogP contribution in [0.15, 0.2) is 24.3 Å². The van der Waals surface area contributed by atoms with Gasteiger partial charge in [0.15, 0.2) is 5.82 Å². The normalized spacial score (nSPS) is 19.4. The number of fused-ring (bicyclic) bond motifs is 1. The Morgan fingerprint density at radius 2 is 2.00 bits per heavy atom. The van der Waals surface area contributed by atoms with Crippen LogP contribution in [0.2, 0.25) is 0 Å². The molecule has 1 fully saturated rings. The maximum Gasteiger partial charge on any atom is 0.257 e. The number of methoxy groups -OCH3 is 1. The Labute approximate surface area is 106 Å². The number of hydrogen-bond donors (Lipinski definition) is 1. The van der Waals surface area contributed by atoms with E-state index in [1.807, 2.05) is 24.3 Å². The Hall–Kier alpha value is -1.88. The molecule has 1 atom stereocenters. The molecule has 5 nitrogen and oxygen atoms in total. The zero-order valence-corrected chi connectivity index (χ0v) is 10.3. The molecule has 0 saturated carbocycles. The molecule has 18 heavy (non-hydrogen) atoms. The van der Waals surface area contributed by atoms with E-state index in [1.54, 1.807) is 7.11 Å². The Bertz CT molecular complexity index is 572. The van der Waals surface area contributed by atoms with Crippen molar-refractivity contribution in [2.75, 3.05) is 25.1 Å². The third-order valence-corrected chi connectivity index (χ3v) is 3.24. The van der Waals surface area contributed by atoms with Gasteiger partial charge >= 0.3 is 0 Å². The largest absolute Gasteiger partial charge is 0.478 e. The molecule has 0 radical (unpaired) electrons. The lowest BCUT2D eigenvalue weighted by Gasteiger charge is -2.19. The van der Waals surface area contributed by atoms with Crippen molar-refractivity contribution in [1.82, 2.24) is 9.97 Å². The van der Waals surface area contributed by atoms with Crippen molar-refractivity contribution in [3.63, 3.8) is 0 Å². The summed E-state index contributed by atoms with van der Waals surface area (Å²) in [4.78, 5) is 11.3. The number of para-hydroxylation sites is 2. The monoisotopic (exact) mass is 244 g/mol. The van der Waals surface area contributed by atoms with Gasteiger partial charge in [-0.25, -0.2) is 9.97 Å². The van der Waals surface area contributed by atoms with Crippen molar-refractivity contribution in [2.45, 2.75) is 12.5 Å². The predicted octanol–water partition coefficient (Wildman–Crippen LogP) is 1.18. The van der Waals surface area contributed by atoms with Gasteiger partial charge in [-0.3, -0.25) is 0 Å². The maximum absolute atomic E-state index is 5.94. The van der Waals surface area contributed by atoms with E-state index >= 15 is 0 Å². The van der Waals surface area contributed by atoms with Gasteiger partial charge in [0.25, 0.3) is 5.88 Å². The molecule has 1 aliphatic rings. The van der Waals surface area contributed by atoms with Crippen molar-refractivity contribution in [1.29, 1.82) is 0 Å². The Morgan fingerprint density at radius 3 is 2.61 bits per heavy atom. The van der Waals surface area contributed by atoms with Gasteiger partial charge in [0.05, 0.1) is 18.1 Å².